The lowest BCUT2D eigenvalue weighted by atomic mass is 10.2. The number of rotatable bonds is 4. The molecule has 0 bridgehead atoms. The van der Waals surface area contributed by atoms with E-state index in [-0.39, 0.29) is 0 Å². The van der Waals surface area contributed by atoms with Crippen molar-refractivity contribution >= 4 is 17.7 Å². The number of nitrogens with two attached hydrogens (primary N) is 1. The van der Waals surface area contributed by atoms with Gasteiger partial charge in [-0.2, -0.15) is 0 Å². The van der Waals surface area contributed by atoms with Gasteiger partial charge in [0.1, 0.15) is 5.76 Å². The first-order valence-electron chi connectivity index (χ1n) is 4.71. The van der Waals surface area contributed by atoms with E-state index in [0.717, 1.165) is 0 Å². The van der Waals surface area contributed by atoms with Crippen LogP contribution in [0.15, 0.2) is 26.4 Å². The molecule has 0 aliphatic carbocycles. The highest BCUT2D eigenvalue weighted by Gasteiger charge is 2.15. The van der Waals surface area contributed by atoms with Crippen molar-refractivity contribution in [1.82, 2.24) is 15.6 Å². The molecule has 2 rings (SSSR count). The first kappa shape index (κ1) is 11.7. The third kappa shape index (κ3) is 2.66. The second kappa shape index (κ2) is 5.02. The van der Waals surface area contributed by atoms with Crippen LogP contribution in [0.5, 0.6) is 0 Å². The number of aromatic nitrogens is 2. The van der Waals surface area contributed by atoms with Crippen LogP contribution in [0, 0.1) is 6.92 Å². The minimum Gasteiger partial charge on any atom is -0.468 e. The van der Waals surface area contributed by atoms with E-state index in [9.17, 15) is 4.79 Å². The molecule has 0 unspecified atom stereocenters. The standard InChI is InChI=1S/C9H10N4O3S/c1-5-12-13-9(16-5)17-4-7-6(2-3-15-7)8(14)11-10/h2-3H,4,10H2,1H3,(H,11,14). The van der Waals surface area contributed by atoms with Gasteiger partial charge in [0.2, 0.25) is 5.89 Å². The monoisotopic (exact) mass is 254 g/mol. The first-order chi connectivity index (χ1) is 8.20. The van der Waals surface area contributed by atoms with Crippen LogP contribution in [-0.2, 0) is 5.75 Å². The van der Waals surface area contributed by atoms with E-state index in [4.69, 9.17) is 14.7 Å². The molecule has 0 aromatic carbocycles. The largest absolute Gasteiger partial charge is 0.468 e. The molecular formula is C9H10N4O3S. The Bertz CT molecular complexity index is 522. The fraction of sp³-hybridized carbons (Fsp3) is 0.222. The van der Waals surface area contributed by atoms with Gasteiger partial charge >= 0.3 is 0 Å². The maximum absolute atomic E-state index is 11.4. The highest BCUT2D eigenvalue weighted by atomic mass is 32.2. The Balaban J connectivity index is 2.04. The molecule has 8 heteroatoms. The van der Waals surface area contributed by atoms with Crippen LogP contribution in [0.1, 0.15) is 22.0 Å². The van der Waals surface area contributed by atoms with Crippen LogP contribution < -0.4 is 11.3 Å². The Labute approximate surface area is 101 Å². The molecule has 0 aliphatic heterocycles. The van der Waals surface area contributed by atoms with Gasteiger partial charge in [-0.15, -0.1) is 10.2 Å². The van der Waals surface area contributed by atoms with Gasteiger partial charge in [0.25, 0.3) is 11.1 Å². The van der Waals surface area contributed by atoms with Crippen LogP contribution >= 0.6 is 11.8 Å². The summed E-state index contributed by atoms with van der Waals surface area (Å²) in [6, 6.07) is 1.55. The highest BCUT2D eigenvalue weighted by Crippen LogP contribution is 2.23. The van der Waals surface area contributed by atoms with Crippen molar-refractivity contribution in [3.63, 3.8) is 0 Å². The van der Waals surface area contributed by atoms with Crippen molar-refractivity contribution < 1.29 is 13.6 Å². The Hall–Kier alpha value is -1.80. The fourth-order valence-corrected chi connectivity index (χ4v) is 1.95. The van der Waals surface area contributed by atoms with Crippen LogP contribution in [0.3, 0.4) is 0 Å². The van der Waals surface area contributed by atoms with Gasteiger partial charge in [-0.25, -0.2) is 5.84 Å². The topological polar surface area (TPSA) is 107 Å². The van der Waals surface area contributed by atoms with E-state index >= 15 is 0 Å². The number of nitrogens with zero attached hydrogens (tertiary/aromatic N) is 2. The Kier molecular flexibility index (Phi) is 3.45. The molecule has 1 amide bonds. The number of carbonyl (C=O) groups excluding carboxylic acids is 1. The molecule has 0 saturated heterocycles. The summed E-state index contributed by atoms with van der Waals surface area (Å²) < 4.78 is 10.4. The number of hydrogen-bond donors (Lipinski definition) is 2. The predicted octanol–water partition coefficient (Wildman–Crippen LogP) is 0.867. The van der Waals surface area contributed by atoms with E-state index in [0.29, 0.717) is 28.2 Å². The van der Waals surface area contributed by atoms with Crippen LogP contribution in [0.25, 0.3) is 0 Å². The first-order valence-corrected chi connectivity index (χ1v) is 5.69. The highest BCUT2D eigenvalue weighted by molar-refractivity contribution is 7.98. The maximum atomic E-state index is 11.4. The van der Waals surface area contributed by atoms with Crippen molar-refractivity contribution in [2.24, 2.45) is 5.84 Å². The van der Waals surface area contributed by atoms with Gasteiger partial charge < -0.3 is 8.83 Å². The number of furan rings is 1. The van der Waals surface area contributed by atoms with Gasteiger partial charge in [-0.05, 0) is 6.07 Å². The molecule has 2 heterocycles. The van der Waals surface area contributed by atoms with Gasteiger partial charge in [0.05, 0.1) is 17.6 Å². The SMILES string of the molecule is Cc1nnc(SCc2occc2C(=O)NN)o1. The van der Waals surface area contributed by atoms with Crippen molar-refractivity contribution in [1.29, 1.82) is 0 Å². The molecule has 0 fully saturated rings. The molecule has 7 nitrogen and oxygen atoms in total. The zero-order valence-corrected chi connectivity index (χ0v) is 9.78. The molecule has 0 saturated carbocycles. The van der Waals surface area contributed by atoms with Crippen LogP contribution in [-0.4, -0.2) is 16.1 Å². The summed E-state index contributed by atoms with van der Waals surface area (Å²) in [5.74, 6) is 6.08. The van der Waals surface area contributed by atoms with Crippen LogP contribution in [0.2, 0.25) is 0 Å². The number of thioether (sulfide) groups is 1. The average molecular weight is 254 g/mol. The van der Waals surface area contributed by atoms with Crippen molar-refractivity contribution in [2.45, 2.75) is 17.9 Å². The van der Waals surface area contributed by atoms with Crippen LogP contribution in [0.4, 0.5) is 0 Å². The zero-order valence-electron chi connectivity index (χ0n) is 8.97. The Morgan fingerprint density at radius 3 is 3.06 bits per heavy atom. The van der Waals surface area contributed by atoms with E-state index < -0.39 is 5.91 Å². The third-order valence-corrected chi connectivity index (χ3v) is 2.77. The van der Waals surface area contributed by atoms with E-state index in [1.54, 1.807) is 13.0 Å². The molecule has 3 N–H and O–H groups in total. The van der Waals surface area contributed by atoms with Gasteiger partial charge in [0, 0.05) is 6.92 Å². The number of nitrogen functional groups attached to an aromatic ring is 1. The van der Waals surface area contributed by atoms with E-state index in [1.165, 1.54) is 18.0 Å². The molecule has 0 aliphatic rings. The zero-order chi connectivity index (χ0) is 12.3. The van der Waals surface area contributed by atoms with Gasteiger partial charge in [0.15, 0.2) is 0 Å². The smallest absolute Gasteiger partial charge is 0.277 e. The molecule has 90 valence electrons. The molecule has 0 atom stereocenters. The molecule has 2 aromatic heterocycles. The summed E-state index contributed by atoms with van der Waals surface area (Å²) in [6.07, 6.45) is 1.43. The number of nitrogens with one attached hydrogen (secondary N) is 1. The summed E-state index contributed by atoms with van der Waals surface area (Å²) in [5, 5.41) is 7.94. The van der Waals surface area contributed by atoms with E-state index in [1.807, 2.05) is 0 Å². The Morgan fingerprint density at radius 2 is 2.41 bits per heavy atom. The number of amides is 1. The summed E-state index contributed by atoms with van der Waals surface area (Å²) in [5.41, 5.74) is 2.45. The summed E-state index contributed by atoms with van der Waals surface area (Å²) in [6.45, 7) is 1.71. The van der Waals surface area contributed by atoms with Crippen molar-refractivity contribution in [2.75, 3.05) is 0 Å². The number of aryl methyl sites for hydroxylation is 1. The summed E-state index contributed by atoms with van der Waals surface area (Å²) in [4.78, 5) is 11.4. The minimum absolute atomic E-state index is 0.393. The summed E-state index contributed by atoms with van der Waals surface area (Å²) >= 11 is 1.29. The molecule has 17 heavy (non-hydrogen) atoms. The molecule has 0 spiro atoms. The third-order valence-electron chi connectivity index (χ3n) is 1.96. The lowest BCUT2D eigenvalue weighted by Crippen LogP contribution is -2.30. The van der Waals surface area contributed by atoms with Gasteiger partial charge in [-0.3, -0.25) is 10.2 Å². The fourth-order valence-electron chi connectivity index (χ4n) is 1.20. The molecular weight excluding hydrogens is 244 g/mol. The number of carbonyl (C=O) groups is 1. The molecule has 0 radical (unpaired) electrons. The average Bonchev–Trinajstić information content (AvgIpc) is 2.94. The Morgan fingerprint density at radius 1 is 1.59 bits per heavy atom. The maximum Gasteiger partial charge on any atom is 0.277 e. The lowest BCUT2D eigenvalue weighted by molar-refractivity contribution is 0.0952. The summed E-state index contributed by atoms with van der Waals surface area (Å²) in [7, 11) is 0. The predicted molar refractivity (Wildman–Crippen MR) is 59.0 cm³/mol. The second-order valence-electron chi connectivity index (χ2n) is 3.11. The number of hydrazine groups is 1. The molecule has 2 aromatic rings. The number of hydrogen-bond acceptors (Lipinski definition) is 7. The quantitative estimate of drug-likeness (QED) is 0.360. The van der Waals surface area contributed by atoms with E-state index in [2.05, 4.69) is 15.6 Å². The van der Waals surface area contributed by atoms with Crippen molar-refractivity contribution in [3.8, 4) is 0 Å². The van der Waals surface area contributed by atoms with Gasteiger partial charge in [-0.1, -0.05) is 11.8 Å². The van der Waals surface area contributed by atoms with Crippen molar-refractivity contribution in [3.05, 3.63) is 29.5 Å². The normalized spacial score (nSPS) is 10.5. The lowest BCUT2D eigenvalue weighted by Gasteiger charge is -1.99. The second-order valence-corrected chi connectivity index (χ2v) is 4.03. The minimum atomic E-state index is -0.393.